The molecule has 1 spiro atoms. The molecule has 1 aliphatic carbocycles. The zero-order valence-corrected chi connectivity index (χ0v) is 22.2. The van der Waals surface area contributed by atoms with Crippen molar-refractivity contribution in [3.05, 3.63) is 73.6 Å². The summed E-state index contributed by atoms with van der Waals surface area (Å²) in [4.78, 5) is 42.7. The molecule has 0 saturated heterocycles. The van der Waals surface area contributed by atoms with Crippen molar-refractivity contribution in [2.45, 2.75) is 31.6 Å². The highest BCUT2D eigenvalue weighted by atomic mass is 79.9. The molecule has 0 fully saturated rings. The van der Waals surface area contributed by atoms with E-state index in [9.17, 15) is 14.4 Å². The van der Waals surface area contributed by atoms with Crippen LogP contribution in [0.3, 0.4) is 0 Å². The van der Waals surface area contributed by atoms with E-state index in [4.69, 9.17) is 26.8 Å². The number of allylic oxidation sites excluding steroid dienone is 1. The fraction of sp³-hybridized carbons (Fsp3) is 0.269. The quantitative estimate of drug-likeness (QED) is 0.522. The number of halogens is 2. The van der Waals surface area contributed by atoms with Gasteiger partial charge in [-0.05, 0) is 49.6 Å². The van der Waals surface area contributed by atoms with E-state index in [1.54, 1.807) is 35.2 Å². The molecule has 3 aliphatic rings. The molecule has 186 valence electrons. The van der Waals surface area contributed by atoms with E-state index in [1.807, 2.05) is 6.92 Å². The minimum atomic E-state index is -1.76. The summed E-state index contributed by atoms with van der Waals surface area (Å²) in [5.41, 5.74) is 7.88. The van der Waals surface area contributed by atoms with Crippen molar-refractivity contribution in [2.75, 3.05) is 24.4 Å². The number of carbonyl (C=O) groups is 3. The highest BCUT2D eigenvalue weighted by molar-refractivity contribution is 9.10. The van der Waals surface area contributed by atoms with Gasteiger partial charge in [-0.15, -0.1) is 0 Å². The number of fused-ring (bicyclic) bond motifs is 3. The van der Waals surface area contributed by atoms with Crippen LogP contribution in [0, 0.1) is 6.92 Å². The third-order valence-electron chi connectivity index (χ3n) is 6.97. The van der Waals surface area contributed by atoms with Crippen LogP contribution in [0.5, 0.6) is 5.75 Å². The second-order valence-electron chi connectivity index (χ2n) is 8.85. The molecule has 2 aromatic carbocycles. The molecule has 36 heavy (non-hydrogen) atoms. The van der Waals surface area contributed by atoms with Gasteiger partial charge >= 0.3 is 5.97 Å². The maximum absolute atomic E-state index is 13.9. The molecule has 5 rings (SSSR count). The first kappa shape index (κ1) is 24.4. The van der Waals surface area contributed by atoms with Crippen molar-refractivity contribution in [3.8, 4) is 5.75 Å². The Morgan fingerprint density at radius 3 is 2.64 bits per heavy atom. The molecule has 3 N–H and O–H groups in total. The summed E-state index contributed by atoms with van der Waals surface area (Å²) in [5.74, 6) is -1.19. The molecule has 2 heterocycles. The van der Waals surface area contributed by atoms with Crippen LogP contribution >= 0.6 is 27.5 Å². The van der Waals surface area contributed by atoms with E-state index >= 15 is 0 Å². The van der Waals surface area contributed by atoms with Crippen LogP contribution in [-0.2, 0) is 24.5 Å². The first-order chi connectivity index (χ1) is 17.2. The lowest BCUT2D eigenvalue weighted by molar-refractivity contribution is -0.138. The largest absolute Gasteiger partial charge is 0.495 e. The third-order valence-corrected chi connectivity index (χ3v) is 7.87. The number of aryl methyl sites for hydroxylation is 1. The second kappa shape index (κ2) is 8.67. The van der Waals surface area contributed by atoms with Gasteiger partial charge < -0.3 is 20.5 Å². The molecule has 10 heteroatoms. The van der Waals surface area contributed by atoms with E-state index in [0.717, 1.165) is 5.56 Å². The van der Waals surface area contributed by atoms with Gasteiger partial charge in [-0.1, -0.05) is 27.5 Å². The smallest absolute Gasteiger partial charge is 0.339 e. The number of nitrogens with one attached hydrogen (secondary N) is 1. The number of carbonyl (C=O) groups excluding carboxylic acids is 3. The molecule has 8 nitrogen and oxygen atoms in total. The van der Waals surface area contributed by atoms with Crippen molar-refractivity contribution in [2.24, 2.45) is 5.73 Å². The number of ether oxygens (including phenoxy) is 2. The lowest BCUT2D eigenvalue weighted by Gasteiger charge is -2.44. The number of rotatable bonds is 3. The van der Waals surface area contributed by atoms with Crippen molar-refractivity contribution in [1.29, 1.82) is 0 Å². The third kappa shape index (κ3) is 3.22. The van der Waals surface area contributed by atoms with Gasteiger partial charge in [0, 0.05) is 44.5 Å². The zero-order valence-electron chi connectivity index (χ0n) is 19.8. The summed E-state index contributed by atoms with van der Waals surface area (Å²) in [7, 11) is 2.71. The van der Waals surface area contributed by atoms with Gasteiger partial charge in [-0.2, -0.15) is 0 Å². The number of hydrogen-bond donors (Lipinski definition) is 2. The Morgan fingerprint density at radius 1 is 1.19 bits per heavy atom. The number of nitrogens with two attached hydrogens (primary N) is 1. The highest BCUT2D eigenvalue weighted by Crippen LogP contribution is 2.56. The number of ketones is 1. The van der Waals surface area contributed by atoms with Gasteiger partial charge in [0.05, 0.1) is 19.9 Å². The fourth-order valence-corrected chi connectivity index (χ4v) is 5.96. The molecule has 1 unspecified atom stereocenters. The van der Waals surface area contributed by atoms with Gasteiger partial charge in [0.15, 0.2) is 5.78 Å². The monoisotopic (exact) mass is 571 g/mol. The maximum atomic E-state index is 13.9. The summed E-state index contributed by atoms with van der Waals surface area (Å²) >= 11 is 9.82. The van der Waals surface area contributed by atoms with Crippen molar-refractivity contribution in [1.82, 2.24) is 0 Å². The first-order valence-electron chi connectivity index (χ1n) is 11.3. The summed E-state index contributed by atoms with van der Waals surface area (Å²) < 4.78 is 11.4. The highest BCUT2D eigenvalue weighted by Gasteiger charge is 2.62. The Labute approximate surface area is 221 Å². The number of hydrogen-bond acceptors (Lipinski definition) is 7. The lowest BCUT2D eigenvalue weighted by Crippen LogP contribution is -2.53. The molecule has 2 aliphatic heterocycles. The molecule has 0 aromatic heterocycles. The lowest BCUT2D eigenvalue weighted by atomic mass is 9.63. The molecular formula is C26H23BrClN3O5. The number of nitrogens with zero attached hydrogens (tertiary/aromatic N) is 1. The minimum Gasteiger partial charge on any atom is -0.495 e. The Balaban J connectivity index is 1.93. The molecular weight excluding hydrogens is 550 g/mol. The van der Waals surface area contributed by atoms with Crippen LogP contribution in [0.15, 0.2) is 57.5 Å². The Kier molecular flexibility index (Phi) is 5.88. The van der Waals surface area contributed by atoms with Gasteiger partial charge in [0.2, 0.25) is 5.91 Å². The van der Waals surface area contributed by atoms with E-state index in [1.165, 1.54) is 14.2 Å². The van der Waals surface area contributed by atoms with Crippen LogP contribution < -0.4 is 20.7 Å². The van der Waals surface area contributed by atoms with E-state index in [2.05, 4.69) is 21.2 Å². The average Bonchev–Trinajstić information content (AvgIpc) is 3.12. The zero-order chi connectivity index (χ0) is 25.9. The van der Waals surface area contributed by atoms with Crippen molar-refractivity contribution < 1.29 is 23.9 Å². The predicted octanol–water partition coefficient (Wildman–Crippen LogP) is 4.48. The van der Waals surface area contributed by atoms with Gasteiger partial charge in [0.25, 0.3) is 0 Å². The van der Waals surface area contributed by atoms with Gasteiger partial charge in [-0.25, -0.2) is 4.79 Å². The Bertz CT molecular complexity index is 1430. The normalized spacial score (nSPS) is 21.0. The Hall–Kier alpha value is -3.30. The standard InChI is InChI=1S/C26H23BrClN3O5/c1-12-9-18(20(35-2)11-15(12)28)31-17-5-4-6-19(32)21(17)26(22(23(31)29)24(33)36-3)14-10-13(27)7-8-16(14)30-25(26)34/h7-11H,4-6,29H2,1-3H3,(H,30,34). The number of benzene rings is 2. The fourth-order valence-electron chi connectivity index (χ4n) is 5.44. The SMILES string of the molecule is COC(=O)C1=C(N)N(c2cc(C)c(Cl)cc2OC)C2=C(C(=O)CCC2)C12C(=O)Nc1ccc(Br)cc12. The van der Waals surface area contributed by atoms with Crippen molar-refractivity contribution >= 4 is 56.6 Å². The summed E-state index contributed by atoms with van der Waals surface area (Å²) in [5, 5.41) is 3.35. The summed E-state index contributed by atoms with van der Waals surface area (Å²) in [6.07, 6.45) is 1.25. The van der Waals surface area contributed by atoms with E-state index in [-0.39, 0.29) is 29.2 Å². The predicted molar refractivity (Wildman–Crippen MR) is 139 cm³/mol. The Morgan fingerprint density at radius 2 is 1.94 bits per heavy atom. The number of amides is 1. The molecule has 0 saturated carbocycles. The minimum absolute atomic E-state index is 0.0155. The number of anilines is 2. The van der Waals surface area contributed by atoms with Crippen LogP contribution in [0.1, 0.15) is 30.4 Å². The topological polar surface area (TPSA) is 111 Å². The van der Waals surface area contributed by atoms with Crippen LogP contribution in [0.25, 0.3) is 0 Å². The maximum Gasteiger partial charge on any atom is 0.339 e. The summed E-state index contributed by atoms with van der Waals surface area (Å²) in [6, 6.07) is 8.67. The van der Waals surface area contributed by atoms with Gasteiger partial charge in [-0.3, -0.25) is 14.5 Å². The van der Waals surface area contributed by atoms with Crippen LogP contribution in [0.4, 0.5) is 11.4 Å². The molecule has 1 atom stereocenters. The molecule has 0 radical (unpaired) electrons. The number of esters is 1. The number of Topliss-reactive ketones (excluding diaryl/α,β-unsaturated/α-hetero) is 1. The second-order valence-corrected chi connectivity index (χ2v) is 10.2. The van der Waals surface area contributed by atoms with E-state index < -0.39 is 17.3 Å². The van der Waals surface area contributed by atoms with Crippen LogP contribution in [0.2, 0.25) is 5.02 Å². The average molecular weight is 573 g/mol. The number of methoxy groups -OCH3 is 2. The van der Waals surface area contributed by atoms with Gasteiger partial charge in [0.1, 0.15) is 22.6 Å². The molecule has 0 bridgehead atoms. The summed E-state index contributed by atoms with van der Waals surface area (Å²) in [6.45, 7) is 1.83. The molecule has 1 amide bonds. The molecule has 2 aromatic rings. The van der Waals surface area contributed by atoms with E-state index in [0.29, 0.717) is 50.7 Å². The van der Waals surface area contributed by atoms with Crippen molar-refractivity contribution in [3.63, 3.8) is 0 Å². The first-order valence-corrected chi connectivity index (χ1v) is 12.4. The van der Waals surface area contributed by atoms with Crippen LogP contribution in [-0.4, -0.2) is 31.9 Å².